The van der Waals surface area contributed by atoms with Crippen molar-refractivity contribution in [2.45, 2.75) is 0 Å². The number of thioether (sulfide) groups is 1. The molecule has 0 saturated carbocycles. The quantitative estimate of drug-likeness (QED) is 0.357. The number of hydrogen-bond acceptors (Lipinski definition) is 4. The molecule has 0 bridgehead atoms. The van der Waals surface area contributed by atoms with Crippen molar-refractivity contribution in [3.8, 4) is 11.9 Å². The van der Waals surface area contributed by atoms with Gasteiger partial charge in [-0.15, -0.1) is 0 Å². The van der Waals surface area contributed by atoms with Gasteiger partial charge < -0.3 is 5.11 Å². The van der Waals surface area contributed by atoms with Gasteiger partial charge in [-0.1, -0.05) is 23.9 Å². The van der Waals surface area contributed by atoms with Gasteiger partial charge in [0, 0.05) is 5.39 Å². The van der Waals surface area contributed by atoms with Gasteiger partial charge in [0.2, 0.25) is 0 Å². The zero-order valence-corrected chi connectivity index (χ0v) is 10.5. The summed E-state index contributed by atoms with van der Waals surface area (Å²) in [6.07, 6.45) is 3.70. The molecule has 0 aliphatic rings. The summed E-state index contributed by atoms with van der Waals surface area (Å²) in [6, 6.07) is 10.8. The third kappa shape index (κ3) is 2.55. The number of phenolic OH excluding ortho intramolecular Hbond substituents is 1. The Balaban J connectivity index is 2.55. The van der Waals surface area contributed by atoms with Crippen molar-refractivity contribution >= 4 is 33.4 Å². The number of benzene rings is 2. The summed E-state index contributed by atoms with van der Waals surface area (Å²) in [4.78, 5) is 4.39. The lowest BCUT2D eigenvalue weighted by atomic mass is 10.1. The van der Waals surface area contributed by atoms with Gasteiger partial charge in [-0.05, 0) is 35.9 Å². The molecule has 2 aromatic rings. The van der Waals surface area contributed by atoms with Crippen molar-refractivity contribution in [2.24, 2.45) is 4.99 Å². The molecule has 2 rings (SSSR count). The van der Waals surface area contributed by atoms with Crippen LogP contribution in [0.3, 0.4) is 0 Å². The topological polar surface area (TPSA) is 68.4 Å². The summed E-state index contributed by atoms with van der Waals surface area (Å²) in [5.74, 6) is 0.226. The lowest BCUT2D eigenvalue weighted by Crippen LogP contribution is -2.12. The summed E-state index contributed by atoms with van der Waals surface area (Å²) < 4.78 is 0. The smallest absolute Gasteiger partial charge is 0.183 e. The van der Waals surface area contributed by atoms with Crippen LogP contribution in [0.2, 0.25) is 0 Å². The molecule has 0 aliphatic heterocycles. The molecule has 90 valence electrons. The molecular weight excluding hydrogens is 246 g/mol. The van der Waals surface area contributed by atoms with Crippen LogP contribution in [0.1, 0.15) is 0 Å². The van der Waals surface area contributed by atoms with E-state index < -0.39 is 0 Å². The molecule has 0 unspecified atom stereocenters. The standard InChI is InChI=1S/C13H11N3OS/c1-18-13(15-8-14)16-12-4-2-3-9-7-10(17)5-6-11(9)12/h2-7,17H,1H3,(H,15,16). The number of amidine groups is 1. The maximum Gasteiger partial charge on any atom is 0.183 e. The number of hydrogen-bond donors (Lipinski definition) is 2. The fourth-order valence-corrected chi connectivity index (χ4v) is 1.97. The first-order valence-electron chi connectivity index (χ1n) is 5.24. The second-order valence-corrected chi connectivity index (χ2v) is 4.34. The minimum atomic E-state index is 0.226. The molecule has 0 aromatic heterocycles. The Morgan fingerprint density at radius 1 is 1.39 bits per heavy atom. The molecule has 2 N–H and O–H groups in total. The van der Waals surface area contributed by atoms with E-state index in [1.54, 1.807) is 12.1 Å². The summed E-state index contributed by atoms with van der Waals surface area (Å²) >= 11 is 1.37. The van der Waals surface area contributed by atoms with Crippen LogP contribution < -0.4 is 5.32 Å². The summed E-state index contributed by atoms with van der Waals surface area (Å²) in [7, 11) is 0. The van der Waals surface area contributed by atoms with Crippen LogP contribution in [-0.4, -0.2) is 16.5 Å². The predicted octanol–water partition coefficient (Wildman–Crippen LogP) is 2.97. The number of nitrogens with zero attached hydrogens (tertiary/aromatic N) is 2. The second-order valence-electron chi connectivity index (χ2n) is 3.54. The SMILES string of the molecule is CSC(=Nc1cccc2cc(O)ccc12)NC#N. The minimum Gasteiger partial charge on any atom is -0.508 e. The van der Waals surface area contributed by atoms with Crippen LogP contribution in [0, 0.1) is 11.5 Å². The number of fused-ring (bicyclic) bond motifs is 1. The fraction of sp³-hybridized carbons (Fsp3) is 0.0769. The van der Waals surface area contributed by atoms with Crippen molar-refractivity contribution in [1.82, 2.24) is 5.32 Å². The van der Waals surface area contributed by atoms with E-state index in [0.717, 1.165) is 16.5 Å². The van der Waals surface area contributed by atoms with Crippen LogP contribution in [0.5, 0.6) is 5.75 Å². The van der Waals surface area contributed by atoms with Gasteiger partial charge in [-0.3, -0.25) is 5.32 Å². The monoisotopic (exact) mass is 257 g/mol. The highest BCUT2D eigenvalue weighted by molar-refractivity contribution is 8.13. The normalized spacial score (nSPS) is 11.2. The highest BCUT2D eigenvalue weighted by atomic mass is 32.2. The maximum absolute atomic E-state index is 9.44. The maximum atomic E-state index is 9.44. The molecule has 5 heteroatoms. The van der Waals surface area contributed by atoms with Crippen molar-refractivity contribution in [3.63, 3.8) is 0 Å². The molecule has 4 nitrogen and oxygen atoms in total. The van der Waals surface area contributed by atoms with Crippen LogP contribution in [0.4, 0.5) is 5.69 Å². The zero-order valence-electron chi connectivity index (χ0n) is 9.71. The number of rotatable bonds is 1. The third-order valence-electron chi connectivity index (χ3n) is 2.42. The van der Waals surface area contributed by atoms with Crippen LogP contribution in [0.25, 0.3) is 10.8 Å². The Labute approximate surface area is 109 Å². The van der Waals surface area contributed by atoms with E-state index in [1.807, 2.05) is 36.7 Å². The molecule has 0 heterocycles. The van der Waals surface area contributed by atoms with E-state index in [1.165, 1.54) is 11.8 Å². The van der Waals surface area contributed by atoms with Gasteiger partial charge in [-0.25, -0.2) is 4.99 Å². The molecule has 0 saturated heterocycles. The molecule has 18 heavy (non-hydrogen) atoms. The average Bonchev–Trinajstić information content (AvgIpc) is 2.38. The Bertz CT molecular complexity index is 646. The molecule has 0 amide bonds. The van der Waals surface area contributed by atoms with E-state index in [0.29, 0.717) is 5.17 Å². The molecule has 0 atom stereocenters. The summed E-state index contributed by atoms with van der Waals surface area (Å²) in [5.41, 5.74) is 0.764. The van der Waals surface area contributed by atoms with E-state index in [4.69, 9.17) is 5.26 Å². The summed E-state index contributed by atoms with van der Waals surface area (Å²) in [6.45, 7) is 0. The van der Waals surface area contributed by atoms with Crippen molar-refractivity contribution in [3.05, 3.63) is 36.4 Å². The van der Waals surface area contributed by atoms with Crippen LogP contribution in [0.15, 0.2) is 41.4 Å². The van der Waals surface area contributed by atoms with Crippen molar-refractivity contribution in [1.29, 1.82) is 5.26 Å². The predicted molar refractivity (Wildman–Crippen MR) is 75.0 cm³/mol. The minimum absolute atomic E-state index is 0.226. The molecule has 0 aliphatic carbocycles. The first-order valence-corrected chi connectivity index (χ1v) is 6.46. The first-order chi connectivity index (χ1) is 8.74. The highest BCUT2D eigenvalue weighted by Gasteiger charge is 2.02. The Kier molecular flexibility index (Phi) is 3.70. The second kappa shape index (κ2) is 5.43. The van der Waals surface area contributed by atoms with Gasteiger partial charge >= 0.3 is 0 Å². The Hall–Kier alpha value is -2.19. The van der Waals surface area contributed by atoms with E-state index in [9.17, 15) is 5.11 Å². The molecule has 0 spiro atoms. The van der Waals surface area contributed by atoms with E-state index in [2.05, 4.69) is 10.3 Å². The van der Waals surface area contributed by atoms with Gasteiger partial charge in [0.05, 0.1) is 5.69 Å². The summed E-state index contributed by atoms with van der Waals surface area (Å²) in [5, 5.41) is 23.0. The number of nitriles is 1. The molecule has 0 fully saturated rings. The molecule has 2 aromatic carbocycles. The number of aromatic hydroxyl groups is 1. The largest absolute Gasteiger partial charge is 0.508 e. The molecule has 0 radical (unpaired) electrons. The van der Waals surface area contributed by atoms with Gasteiger partial charge in [-0.2, -0.15) is 5.26 Å². The average molecular weight is 257 g/mol. The molecular formula is C13H11N3OS. The number of phenols is 1. The van der Waals surface area contributed by atoms with E-state index in [-0.39, 0.29) is 5.75 Å². The van der Waals surface area contributed by atoms with Gasteiger partial charge in [0.15, 0.2) is 11.4 Å². The number of aliphatic imine (C=N–C) groups is 1. The van der Waals surface area contributed by atoms with Crippen molar-refractivity contribution in [2.75, 3.05) is 6.26 Å². The van der Waals surface area contributed by atoms with Gasteiger partial charge in [0.25, 0.3) is 0 Å². The van der Waals surface area contributed by atoms with Crippen LogP contribution in [-0.2, 0) is 0 Å². The lowest BCUT2D eigenvalue weighted by Gasteiger charge is -2.04. The fourth-order valence-electron chi connectivity index (χ4n) is 1.63. The first kappa shape index (κ1) is 12.3. The Morgan fingerprint density at radius 3 is 2.94 bits per heavy atom. The van der Waals surface area contributed by atoms with Gasteiger partial charge in [0.1, 0.15) is 5.75 Å². The Morgan fingerprint density at radius 2 is 2.22 bits per heavy atom. The number of nitrogens with one attached hydrogen (secondary N) is 1. The zero-order chi connectivity index (χ0) is 13.0. The van der Waals surface area contributed by atoms with E-state index >= 15 is 0 Å². The van der Waals surface area contributed by atoms with Crippen LogP contribution >= 0.6 is 11.8 Å². The third-order valence-corrected chi connectivity index (χ3v) is 3.00. The lowest BCUT2D eigenvalue weighted by molar-refractivity contribution is 0.476. The van der Waals surface area contributed by atoms with Crippen molar-refractivity contribution < 1.29 is 5.11 Å². The highest BCUT2D eigenvalue weighted by Crippen LogP contribution is 2.29.